The Labute approximate surface area is 176 Å². The van der Waals surface area contributed by atoms with Crippen LogP contribution in [0.25, 0.3) is 11.2 Å². The number of alkyl halides is 2. The summed E-state index contributed by atoms with van der Waals surface area (Å²) in [5.74, 6) is -1.95. The summed E-state index contributed by atoms with van der Waals surface area (Å²) in [5, 5.41) is 6.12. The van der Waals surface area contributed by atoms with Crippen LogP contribution in [0, 0.1) is 6.92 Å². The molecular formula is C19H22F2N8S. The fraction of sp³-hybridized carbons (Fsp3) is 0.421. The highest BCUT2D eigenvalue weighted by molar-refractivity contribution is 7.10. The Morgan fingerprint density at radius 1 is 1.37 bits per heavy atom. The molecule has 0 aliphatic carbocycles. The molecule has 0 bridgehead atoms. The summed E-state index contributed by atoms with van der Waals surface area (Å²) in [4.78, 5) is 10.9. The number of rotatable bonds is 5. The topological polar surface area (TPSA) is 73.6 Å². The number of hydrazine groups is 1. The second kappa shape index (κ2) is 7.25. The Morgan fingerprint density at radius 2 is 2.23 bits per heavy atom. The number of likely N-dealkylation sites (tertiary alicyclic amines) is 1. The van der Waals surface area contributed by atoms with Crippen molar-refractivity contribution >= 4 is 33.6 Å². The number of halogens is 2. The molecule has 2 aliphatic rings. The third-order valence-electron chi connectivity index (χ3n) is 5.24. The minimum absolute atomic E-state index is 0.0859. The van der Waals surface area contributed by atoms with Crippen molar-refractivity contribution in [1.82, 2.24) is 34.1 Å². The van der Waals surface area contributed by atoms with Crippen LogP contribution in [0.2, 0.25) is 0 Å². The van der Waals surface area contributed by atoms with Gasteiger partial charge in [0.05, 0.1) is 29.8 Å². The summed E-state index contributed by atoms with van der Waals surface area (Å²) in [7, 11) is 1.98. The fourth-order valence-electron chi connectivity index (χ4n) is 3.85. The molecular weight excluding hydrogens is 410 g/mol. The van der Waals surface area contributed by atoms with E-state index >= 15 is 0 Å². The molecule has 2 aliphatic heterocycles. The van der Waals surface area contributed by atoms with Gasteiger partial charge in [-0.2, -0.15) is 4.37 Å². The van der Waals surface area contributed by atoms with Gasteiger partial charge in [-0.1, -0.05) is 0 Å². The van der Waals surface area contributed by atoms with Crippen LogP contribution in [-0.2, 0) is 6.54 Å². The van der Waals surface area contributed by atoms with E-state index in [1.807, 2.05) is 48.0 Å². The molecule has 158 valence electrons. The van der Waals surface area contributed by atoms with E-state index in [4.69, 9.17) is 0 Å². The van der Waals surface area contributed by atoms with Gasteiger partial charge >= 0.3 is 0 Å². The van der Waals surface area contributed by atoms with Crippen molar-refractivity contribution in [2.45, 2.75) is 25.8 Å². The van der Waals surface area contributed by atoms with Crippen molar-refractivity contribution in [3.63, 3.8) is 0 Å². The fourth-order valence-corrected chi connectivity index (χ4v) is 4.51. The SMILES string of the molecule is Cc1cn2c(C3=CNN(C)C3)cnc2c(Nc2cc(CN3CCC(F)(F)C3)ns2)n1. The first-order chi connectivity index (χ1) is 14.4. The Bertz CT molecular complexity index is 1120. The zero-order valence-corrected chi connectivity index (χ0v) is 17.5. The van der Waals surface area contributed by atoms with E-state index < -0.39 is 5.92 Å². The van der Waals surface area contributed by atoms with Gasteiger partial charge < -0.3 is 10.7 Å². The van der Waals surface area contributed by atoms with E-state index in [0.29, 0.717) is 18.9 Å². The zero-order valence-electron chi connectivity index (χ0n) is 16.7. The van der Waals surface area contributed by atoms with Crippen LogP contribution < -0.4 is 10.7 Å². The molecule has 0 saturated carbocycles. The standard InChI is InChI=1S/C19H22F2N8S/c1-12-8-29-15(13-6-23-27(2)9-13)7-22-18(29)17(24-12)25-16-5-14(26-30-16)10-28-4-3-19(20,21)11-28/h5-8,23H,3-4,9-11H2,1-2H3,(H,24,25). The average molecular weight is 433 g/mol. The monoisotopic (exact) mass is 432 g/mol. The first-order valence-electron chi connectivity index (χ1n) is 9.70. The van der Waals surface area contributed by atoms with Crippen molar-refractivity contribution in [3.05, 3.63) is 41.7 Å². The lowest BCUT2D eigenvalue weighted by Crippen LogP contribution is -2.24. The summed E-state index contributed by atoms with van der Waals surface area (Å²) in [5.41, 5.74) is 7.68. The second-order valence-electron chi connectivity index (χ2n) is 7.85. The molecule has 8 nitrogen and oxygen atoms in total. The summed E-state index contributed by atoms with van der Waals surface area (Å²) < 4.78 is 33.3. The molecule has 3 aromatic rings. The highest BCUT2D eigenvalue weighted by Gasteiger charge is 2.38. The lowest BCUT2D eigenvalue weighted by molar-refractivity contribution is 0.0114. The van der Waals surface area contributed by atoms with Gasteiger partial charge in [-0.05, 0) is 24.5 Å². The minimum Gasteiger partial charge on any atom is -0.328 e. The van der Waals surface area contributed by atoms with Crippen molar-refractivity contribution in [2.24, 2.45) is 0 Å². The van der Waals surface area contributed by atoms with Gasteiger partial charge in [-0.15, -0.1) is 0 Å². The molecule has 0 spiro atoms. The molecule has 3 aromatic heterocycles. The first-order valence-corrected chi connectivity index (χ1v) is 10.5. The van der Waals surface area contributed by atoms with Gasteiger partial charge in [0, 0.05) is 51.1 Å². The Hall–Kier alpha value is -2.63. The number of aryl methyl sites for hydroxylation is 1. The number of imidazole rings is 1. The molecule has 0 amide bonds. The normalized spacial score (nSPS) is 19.4. The molecule has 0 unspecified atom stereocenters. The van der Waals surface area contributed by atoms with E-state index in [1.165, 1.54) is 11.5 Å². The van der Waals surface area contributed by atoms with E-state index in [2.05, 4.69) is 25.1 Å². The number of aromatic nitrogens is 4. The van der Waals surface area contributed by atoms with Gasteiger partial charge in [0.25, 0.3) is 5.92 Å². The number of likely N-dealkylation sites (N-methyl/N-ethyl adjacent to an activating group) is 1. The molecule has 5 rings (SSSR count). The molecule has 2 N–H and O–H groups in total. The van der Waals surface area contributed by atoms with Gasteiger partial charge in [-0.3, -0.25) is 9.30 Å². The van der Waals surface area contributed by atoms with E-state index in [0.717, 1.165) is 39.8 Å². The highest BCUT2D eigenvalue weighted by Crippen LogP contribution is 2.30. The van der Waals surface area contributed by atoms with Gasteiger partial charge in [0.15, 0.2) is 11.5 Å². The van der Waals surface area contributed by atoms with Crippen LogP contribution >= 0.6 is 11.5 Å². The van der Waals surface area contributed by atoms with E-state index in [9.17, 15) is 8.78 Å². The van der Waals surface area contributed by atoms with Crippen LogP contribution in [0.3, 0.4) is 0 Å². The Kier molecular flexibility index (Phi) is 4.68. The van der Waals surface area contributed by atoms with Crippen LogP contribution in [0.1, 0.15) is 23.5 Å². The molecule has 30 heavy (non-hydrogen) atoms. The lowest BCUT2D eigenvalue weighted by Gasteiger charge is -2.13. The van der Waals surface area contributed by atoms with E-state index in [1.54, 1.807) is 4.90 Å². The van der Waals surface area contributed by atoms with E-state index in [-0.39, 0.29) is 13.0 Å². The van der Waals surface area contributed by atoms with Gasteiger partial charge in [0.2, 0.25) is 0 Å². The maximum absolute atomic E-state index is 13.4. The summed E-state index contributed by atoms with van der Waals surface area (Å²) in [6.07, 6.45) is 5.70. The predicted octanol–water partition coefficient (Wildman–Crippen LogP) is 2.87. The summed E-state index contributed by atoms with van der Waals surface area (Å²) >= 11 is 1.29. The Morgan fingerprint density at radius 3 is 2.97 bits per heavy atom. The zero-order chi connectivity index (χ0) is 20.9. The molecule has 5 heterocycles. The molecule has 11 heteroatoms. The molecule has 1 fully saturated rings. The number of hydrogen-bond acceptors (Lipinski definition) is 8. The third-order valence-corrected chi connectivity index (χ3v) is 5.99. The summed E-state index contributed by atoms with van der Waals surface area (Å²) in [6, 6.07) is 1.89. The number of nitrogens with one attached hydrogen (secondary N) is 2. The first kappa shape index (κ1) is 19.3. The van der Waals surface area contributed by atoms with Crippen molar-refractivity contribution < 1.29 is 8.78 Å². The van der Waals surface area contributed by atoms with Gasteiger partial charge in [0.1, 0.15) is 5.00 Å². The maximum atomic E-state index is 13.4. The smallest absolute Gasteiger partial charge is 0.261 e. The third kappa shape index (κ3) is 3.75. The number of hydrogen-bond donors (Lipinski definition) is 2. The van der Waals surface area contributed by atoms with Crippen LogP contribution in [0.4, 0.5) is 19.6 Å². The quantitative estimate of drug-likeness (QED) is 0.642. The molecule has 0 atom stereocenters. The molecule has 0 radical (unpaired) electrons. The maximum Gasteiger partial charge on any atom is 0.261 e. The van der Waals surface area contributed by atoms with Crippen LogP contribution in [0.15, 0.2) is 24.7 Å². The number of anilines is 2. The van der Waals surface area contributed by atoms with Crippen LogP contribution in [0.5, 0.6) is 0 Å². The Balaban J connectivity index is 1.37. The number of nitrogens with zero attached hydrogens (tertiary/aromatic N) is 6. The summed E-state index contributed by atoms with van der Waals surface area (Å²) in [6.45, 7) is 3.33. The van der Waals surface area contributed by atoms with Crippen LogP contribution in [-0.4, -0.2) is 61.3 Å². The molecule has 1 saturated heterocycles. The molecule has 0 aromatic carbocycles. The number of fused-ring (bicyclic) bond motifs is 1. The van der Waals surface area contributed by atoms with Gasteiger partial charge in [-0.25, -0.2) is 23.8 Å². The van der Waals surface area contributed by atoms with Crippen molar-refractivity contribution in [2.75, 3.05) is 32.0 Å². The largest absolute Gasteiger partial charge is 0.328 e. The van der Waals surface area contributed by atoms with Crippen molar-refractivity contribution in [1.29, 1.82) is 0 Å². The second-order valence-corrected chi connectivity index (χ2v) is 8.65. The highest BCUT2D eigenvalue weighted by atomic mass is 32.1. The minimum atomic E-state index is -2.59. The average Bonchev–Trinajstić information content (AvgIpc) is 3.44. The lowest BCUT2D eigenvalue weighted by atomic mass is 10.2. The van der Waals surface area contributed by atoms with Crippen molar-refractivity contribution in [3.8, 4) is 0 Å². The predicted molar refractivity (Wildman–Crippen MR) is 112 cm³/mol.